The number of aromatic nitrogens is 3. The van der Waals surface area contributed by atoms with Crippen molar-refractivity contribution in [3.05, 3.63) is 66.4 Å². The van der Waals surface area contributed by atoms with Crippen molar-refractivity contribution in [2.24, 2.45) is 0 Å². The van der Waals surface area contributed by atoms with Gasteiger partial charge in [0.05, 0.1) is 44.5 Å². The molecule has 0 atom stereocenters. The van der Waals surface area contributed by atoms with Gasteiger partial charge >= 0.3 is 0 Å². The molecule has 8 nitrogen and oxygen atoms in total. The molecule has 0 bridgehead atoms. The molecule has 8 heteroatoms. The molecule has 27 heavy (non-hydrogen) atoms. The molecular formula is C19H19N5O3. The Morgan fingerprint density at radius 1 is 1.04 bits per heavy atom. The highest BCUT2D eigenvalue weighted by Gasteiger charge is 2.12. The highest BCUT2D eigenvalue weighted by atomic mass is 16.5. The lowest BCUT2D eigenvalue weighted by atomic mass is 10.2. The number of ether oxygens (including phenoxy) is 2. The molecule has 2 aromatic heterocycles. The smallest absolute Gasteiger partial charge is 0.275 e. The zero-order chi connectivity index (χ0) is 19.1. The largest absolute Gasteiger partial charge is 0.497 e. The molecule has 2 heterocycles. The van der Waals surface area contributed by atoms with Crippen molar-refractivity contribution < 1.29 is 14.3 Å². The number of anilines is 2. The minimum atomic E-state index is -0.387. The van der Waals surface area contributed by atoms with Gasteiger partial charge in [-0.05, 0) is 24.3 Å². The second kappa shape index (κ2) is 8.61. The summed E-state index contributed by atoms with van der Waals surface area (Å²) in [6.07, 6.45) is 4.64. The van der Waals surface area contributed by atoms with Crippen LogP contribution in [0.1, 0.15) is 16.2 Å². The number of rotatable bonds is 7. The van der Waals surface area contributed by atoms with Gasteiger partial charge in [-0.1, -0.05) is 6.07 Å². The quantitative estimate of drug-likeness (QED) is 0.664. The first-order chi connectivity index (χ1) is 13.2. The van der Waals surface area contributed by atoms with Gasteiger partial charge in [-0.3, -0.25) is 9.78 Å². The number of carbonyl (C=O) groups is 1. The van der Waals surface area contributed by atoms with Gasteiger partial charge in [0.25, 0.3) is 5.91 Å². The monoisotopic (exact) mass is 365 g/mol. The van der Waals surface area contributed by atoms with Gasteiger partial charge in [-0.2, -0.15) is 0 Å². The fourth-order valence-corrected chi connectivity index (χ4v) is 2.31. The molecule has 0 saturated heterocycles. The van der Waals surface area contributed by atoms with Gasteiger partial charge in [-0.25, -0.2) is 9.97 Å². The Labute approximate surface area is 156 Å². The van der Waals surface area contributed by atoms with Gasteiger partial charge in [-0.15, -0.1) is 0 Å². The summed E-state index contributed by atoms with van der Waals surface area (Å²) in [5, 5.41) is 5.86. The number of amides is 1. The summed E-state index contributed by atoms with van der Waals surface area (Å²) in [6.45, 7) is 0.518. The Hall–Kier alpha value is -3.68. The average Bonchev–Trinajstić information content (AvgIpc) is 2.73. The summed E-state index contributed by atoms with van der Waals surface area (Å²) in [6, 6.07) is 10.8. The molecule has 0 fully saturated rings. The van der Waals surface area contributed by atoms with Crippen LogP contribution in [0.2, 0.25) is 0 Å². The van der Waals surface area contributed by atoms with Crippen LogP contribution in [0.25, 0.3) is 0 Å². The van der Waals surface area contributed by atoms with Crippen LogP contribution in [0, 0.1) is 0 Å². The zero-order valence-electron chi connectivity index (χ0n) is 15.0. The Bertz CT molecular complexity index is 901. The Balaban J connectivity index is 1.64. The summed E-state index contributed by atoms with van der Waals surface area (Å²) in [4.78, 5) is 25.0. The van der Waals surface area contributed by atoms with E-state index in [9.17, 15) is 4.79 Å². The van der Waals surface area contributed by atoms with E-state index >= 15 is 0 Å². The van der Waals surface area contributed by atoms with Crippen LogP contribution in [0.15, 0.2) is 55.0 Å². The molecule has 3 aromatic rings. The standard InChI is InChI=1S/C19H19N5O3/c1-26-14-6-7-15(17(9-14)27-2)24-19(25)16-11-23-18(12-21-16)22-10-13-5-3-4-8-20-13/h3-9,11-12H,10H2,1-2H3,(H,22,23)(H,24,25). The number of nitrogens with one attached hydrogen (secondary N) is 2. The van der Waals surface area contributed by atoms with E-state index in [-0.39, 0.29) is 11.6 Å². The van der Waals surface area contributed by atoms with Crippen molar-refractivity contribution in [3.63, 3.8) is 0 Å². The first-order valence-corrected chi connectivity index (χ1v) is 8.19. The lowest BCUT2D eigenvalue weighted by molar-refractivity contribution is 0.102. The molecule has 2 N–H and O–H groups in total. The Morgan fingerprint density at radius 2 is 1.93 bits per heavy atom. The second-order valence-electron chi connectivity index (χ2n) is 5.48. The molecule has 0 unspecified atom stereocenters. The predicted octanol–water partition coefficient (Wildman–Crippen LogP) is 2.75. The highest BCUT2D eigenvalue weighted by molar-refractivity contribution is 6.03. The number of pyridine rings is 1. The third-order valence-corrected chi connectivity index (χ3v) is 3.72. The number of carbonyl (C=O) groups excluding carboxylic acids is 1. The van der Waals surface area contributed by atoms with Gasteiger partial charge in [0.1, 0.15) is 23.0 Å². The van der Waals surface area contributed by atoms with Crippen LogP contribution in [0.3, 0.4) is 0 Å². The Morgan fingerprint density at radius 3 is 2.59 bits per heavy atom. The molecule has 1 aromatic carbocycles. The molecule has 1 amide bonds. The third kappa shape index (κ3) is 4.69. The van der Waals surface area contributed by atoms with Gasteiger partial charge in [0.15, 0.2) is 0 Å². The van der Waals surface area contributed by atoms with Gasteiger partial charge in [0, 0.05) is 12.3 Å². The summed E-state index contributed by atoms with van der Waals surface area (Å²) in [5.74, 6) is 1.29. The van der Waals surface area contributed by atoms with E-state index in [1.54, 1.807) is 31.5 Å². The van der Waals surface area contributed by atoms with Gasteiger partial charge in [0.2, 0.25) is 0 Å². The number of nitrogens with zero attached hydrogens (tertiary/aromatic N) is 3. The number of hydrogen-bond acceptors (Lipinski definition) is 7. The van der Waals surface area contributed by atoms with Crippen LogP contribution in [0.5, 0.6) is 11.5 Å². The van der Waals surface area contributed by atoms with E-state index in [4.69, 9.17) is 9.47 Å². The molecule has 0 aliphatic heterocycles. The molecule has 0 aliphatic rings. The molecule has 0 spiro atoms. The predicted molar refractivity (Wildman–Crippen MR) is 101 cm³/mol. The molecule has 0 aliphatic carbocycles. The molecule has 3 rings (SSSR count). The summed E-state index contributed by atoms with van der Waals surface area (Å²) >= 11 is 0. The minimum Gasteiger partial charge on any atom is -0.497 e. The summed E-state index contributed by atoms with van der Waals surface area (Å²) < 4.78 is 10.4. The fraction of sp³-hybridized carbons (Fsp3) is 0.158. The van der Waals surface area contributed by atoms with E-state index in [0.717, 1.165) is 5.69 Å². The van der Waals surface area contributed by atoms with Crippen molar-refractivity contribution in [1.82, 2.24) is 15.0 Å². The number of benzene rings is 1. The number of methoxy groups -OCH3 is 2. The third-order valence-electron chi connectivity index (χ3n) is 3.72. The summed E-state index contributed by atoms with van der Waals surface area (Å²) in [7, 11) is 3.08. The highest BCUT2D eigenvalue weighted by Crippen LogP contribution is 2.29. The normalized spacial score (nSPS) is 10.1. The topological polar surface area (TPSA) is 98.3 Å². The zero-order valence-corrected chi connectivity index (χ0v) is 15.0. The van der Waals surface area contributed by atoms with Crippen LogP contribution in [0.4, 0.5) is 11.5 Å². The Kier molecular flexibility index (Phi) is 5.78. The minimum absolute atomic E-state index is 0.191. The van der Waals surface area contributed by atoms with Crippen molar-refractivity contribution in [2.45, 2.75) is 6.54 Å². The van der Waals surface area contributed by atoms with E-state index in [1.165, 1.54) is 19.5 Å². The first kappa shape index (κ1) is 18.1. The maximum absolute atomic E-state index is 12.4. The maximum Gasteiger partial charge on any atom is 0.275 e. The van der Waals surface area contributed by atoms with E-state index < -0.39 is 0 Å². The van der Waals surface area contributed by atoms with Gasteiger partial charge < -0.3 is 20.1 Å². The van der Waals surface area contributed by atoms with E-state index in [1.807, 2.05) is 18.2 Å². The van der Waals surface area contributed by atoms with E-state index in [2.05, 4.69) is 25.6 Å². The van der Waals surface area contributed by atoms with Crippen LogP contribution < -0.4 is 20.1 Å². The molecule has 0 saturated carbocycles. The van der Waals surface area contributed by atoms with Crippen LogP contribution >= 0.6 is 0 Å². The lowest BCUT2D eigenvalue weighted by Gasteiger charge is -2.11. The SMILES string of the molecule is COc1ccc(NC(=O)c2cnc(NCc3ccccn3)cn2)c(OC)c1. The molecule has 138 valence electrons. The van der Waals surface area contributed by atoms with Crippen molar-refractivity contribution >= 4 is 17.4 Å². The first-order valence-electron chi connectivity index (χ1n) is 8.19. The van der Waals surface area contributed by atoms with Crippen LogP contribution in [-0.4, -0.2) is 35.1 Å². The fourth-order valence-electron chi connectivity index (χ4n) is 2.31. The molecule has 0 radical (unpaired) electrons. The average molecular weight is 365 g/mol. The second-order valence-corrected chi connectivity index (χ2v) is 5.48. The molecular weight excluding hydrogens is 346 g/mol. The summed E-state index contributed by atoms with van der Waals surface area (Å²) in [5.41, 5.74) is 1.59. The number of hydrogen-bond donors (Lipinski definition) is 2. The maximum atomic E-state index is 12.4. The van der Waals surface area contributed by atoms with Crippen molar-refractivity contribution in [3.8, 4) is 11.5 Å². The lowest BCUT2D eigenvalue weighted by Crippen LogP contribution is -2.15. The van der Waals surface area contributed by atoms with Crippen LogP contribution in [-0.2, 0) is 6.54 Å². The van der Waals surface area contributed by atoms with Crippen molar-refractivity contribution in [2.75, 3.05) is 24.9 Å². The van der Waals surface area contributed by atoms with E-state index in [0.29, 0.717) is 29.5 Å². The van der Waals surface area contributed by atoms with Crippen molar-refractivity contribution in [1.29, 1.82) is 0 Å².